The van der Waals surface area contributed by atoms with Crippen LogP contribution in [0, 0.1) is 11.6 Å². The predicted octanol–water partition coefficient (Wildman–Crippen LogP) is 4.59. The van der Waals surface area contributed by atoms with Gasteiger partial charge < -0.3 is 9.51 Å². The van der Waals surface area contributed by atoms with E-state index in [9.17, 15) is 17.6 Å². The van der Waals surface area contributed by atoms with E-state index in [4.69, 9.17) is 4.52 Å². The molecule has 0 aliphatic carbocycles. The van der Waals surface area contributed by atoms with Crippen molar-refractivity contribution in [3.8, 4) is 10.6 Å². The number of halogens is 2. The van der Waals surface area contributed by atoms with Gasteiger partial charge in [0.15, 0.2) is 11.6 Å². The summed E-state index contributed by atoms with van der Waals surface area (Å²) < 4.78 is 62.3. The van der Waals surface area contributed by atoms with Gasteiger partial charge in [0.1, 0.15) is 15.7 Å². The molecule has 0 aliphatic rings. The molecule has 12 heteroatoms. The number of hydrogen-bond acceptors (Lipinski definition) is 7. The highest BCUT2D eigenvalue weighted by Gasteiger charge is 2.27. The maximum atomic E-state index is 15.2. The molecule has 4 heterocycles. The lowest BCUT2D eigenvalue weighted by Crippen LogP contribution is -2.15. The second-order valence-electron chi connectivity index (χ2n) is 6.82. The zero-order valence-electron chi connectivity index (χ0n) is 16.4. The Kier molecular flexibility index (Phi) is 5.02. The van der Waals surface area contributed by atoms with Gasteiger partial charge in [-0.2, -0.15) is 0 Å². The van der Waals surface area contributed by atoms with Gasteiger partial charge in [0.25, 0.3) is 10.0 Å². The summed E-state index contributed by atoms with van der Waals surface area (Å²) in [6.07, 6.45) is 4.21. The fraction of sp³-hybridized carbons (Fsp3) is 0. The Morgan fingerprint density at radius 2 is 1.94 bits per heavy atom. The van der Waals surface area contributed by atoms with Gasteiger partial charge in [-0.3, -0.25) is 9.52 Å². The maximum Gasteiger partial charge on any atom is 0.271 e. The molecule has 0 fully saturated rings. The lowest BCUT2D eigenvalue weighted by atomic mass is 10.0. The third kappa shape index (κ3) is 3.68. The lowest BCUT2D eigenvalue weighted by molar-refractivity contribution is 0.103. The van der Waals surface area contributed by atoms with Gasteiger partial charge in [0, 0.05) is 29.4 Å². The molecule has 0 amide bonds. The van der Waals surface area contributed by atoms with Crippen LogP contribution >= 0.6 is 11.3 Å². The summed E-state index contributed by atoms with van der Waals surface area (Å²) in [6, 6.07) is 9.30. The average molecular weight is 486 g/mol. The number of ketones is 1. The van der Waals surface area contributed by atoms with E-state index in [1.807, 2.05) is 0 Å². The number of nitrogens with zero attached hydrogens (tertiary/aromatic N) is 2. The van der Waals surface area contributed by atoms with Crippen molar-refractivity contribution in [1.29, 1.82) is 0 Å². The van der Waals surface area contributed by atoms with Gasteiger partial charge in [0.05, 0.1) is 22.3 Å². The standard InChI is InChI=1S/C21H12F2N4O4S2/c22-13-3-4-14(27-33(29,30)17-6-5-16(32-17)15-7-9-26-31-15)19(23)18(13)20(28)12-10-25-21-11(12)2-1-8-24-21/h1-10,27H,(H,24,25). The van der Waals surface area contributed by atoms with Gasteiger partial charge in [0.2, 0.25) is 5.78 Å². The van der Waals surface area contributed by atoms with Gasteiger partial charge in [-0.15, -0.1) is 11.3 Å². The van der Waals surface area contributed by atoms with Crippen LogP contribution in [0.15, 0.2) is 69.8 Å². The quantitative estimate of drug-likeness (QED) is 0.339. The van der Waals surface area contributed by atoms with E-state index in [-0.39, 0.29) is 9.77 Å². The number of nitrogens with one attached hydrogen (secondary N) is 2. The number of carbonyl (C=O) groups excluding carboxylic acids is 1. The molecule has 0 radical (unpaired) electrons. The van der Waals surface area contributed by atoms with Gasteiger partial charge in [-0.05, 0) is 36.4 Å². The summed E-state index contributed by atoms with van der Waals surface area (Å²) in [7, 11) is -4.23. The number of sulfonamides is 1. The maximum absolute atomic E-state index is 15.2. The Bertz CT molecular complexity index is 1610. The molecule has 5 rings (SSSR count). The molecular formula is C21H12F2N4O4S2. The van der Waals surface area contributed by atoms with Crippen molar-refractivity contribution in [2.24, 2.45) is 0 Å². The smallest absolute Gasteiger partial charge is 0.271 e. The van der Waals surface area contributed by atoms with Crippen LogP contribution < -0.4 is 4.72 Å². The normalized spacial score (nSPS) is 11.7. The first-order chi connectivity index (χ1) is 15.8. The van der Waals surface area contributed by atoms with E-state index in [1.165, 1.54) is 30.7 Å². The van der Waals surface area contributed by atoms with Crippen LogP contribution in [-0.4, -0.2) is 29.3 Å². The minimum Gasteiger partial charge on any atom is -0.355 e. The van der Waals surface area contributed by atoms with Crippen molar-refractivity contribution in [1.82, 2.24) is 15.1 Å². The molecule has 0 saturated heterocycles. The Labute approximate surface area is 188 Å². The van der Waals surface area contributed by atoms with Crippen molar-refractivity contribution in [2.45, 2.75) is 4.21 Å². The van der Waals surface area contributed by atoms with Crippen molar-refractivity contribution in [3.63, 3.8) is 0 Å². The summed E-state index contributed by atoms with van der Waals surface area (Å²) in [4.78, 5) is 20.3. The Morgan fingerprint density at radius 1 is 1.09 bits per heavy atom. The van der Waals surface area contributed by atoms with Crippen molar-refractivity contribution in [2.75, 3.05) is 4.72 Å². The molecule has 0 saturated carbocycles. The number of rotatable bonds is 6. The highest BCUT2D eigenvalue weighted by molar-refractivity contribution is 7.94. The molecule has 5 aromatic rings. The monoisotopic (exact) mass is 486 g/mol. The number of thiophene rings is 1. The number of anilines is 1. The average Bonchev–Trinajstić information content (AvgIpc) is 3.55. The minimum atomic E-state index is -4.23. The van der Waals surface area contributed by atoms with Crippen LogP contribution in [0.2, 0.25) is 0 Å². The number of aromatic nitrogens is 3. The van der Waals surface area contributed by atoms with E-state index in [0.717, 1.165) is 23.5 Å². The predicted molar refractivity (Wildman–Crippen MR) is 117 cm³/mol. The summed E-state index contributed by atoms with van der Waals surface area (Å²) >= 11 is 0.877. The van der Waals surface area contributed by atoms with Gasteiger partial charge >= 0.3 is 0 Å². The van der Waals surface area contributed by atoms with Crippen LogP contribution in [0.1, 0.15) is 15.9 Å². The van der Waals surface area contributed by atoms with E-state index in [2.05, 4.69) is 19.8 Å². The summed E-state index contributed by atoms with van der Waals surface area (Å²) in [6.45, 7) is 0. The first kappa shape index (κ1) is 21.0. The van der Waals surface area contributed by atoms with Crippen LogP contribution in [0.4, 0.5) is 14.5 Å². The number of aromatic amines is 1. The van der Waals surface area contributed by atoms with E-state index < -0.39 is 38.7 Å². The second-order valence-corrected chi connectivity index (χ2v) is 9.81. The fourth-order valence-electron chi connectivity index (χ4n) is 3.25. The van der Waals surface area contributed by atoms with Crippen LogP contribution in [-0.2, 0) is 10.0 Å². The largest absolute Gasteiger partial charge is 0.355 e. The summed E-state index contributed by atoms with van der Waals surface area (Å²) in [5, 5.41) is 3.95. The molecule has 1 aromatic carbocycles. The molecule has 2 N–H and O–H groups in total. The molecule has 8 nitrogen and oxygen atoms in total. The molecular weight excluding hydrogens is 474 g/mol. The molecule has 166 valence electrons. The van der Waals surface area contributed by atoms with Gasteiger partial charge in [-0.1, -0.05) is 5.16 Å². The van der Waals surface area contributed by atoms with Crippen LogP contribution in [0.25, 0.3) is 21.7 Å². The van der Waals surface area contributed by atoms with Crippen LogP contribution in [0.5, 0.6) is 0 Å². The summed E-state index contributed by atoms with van der Waals surface area (Å²) in [5.74, 6) is -3.03. The number of carbonyl (C=O) groups is 1. The number of pyridine rings is 1. The van der Waals surface area contributed by atoms with E-state index >= 15 is 4.39 Å². The van der Waals surface area contributed by atoms with Crippen molar-refractivity contribution >= 4 is 43.9 Å². The third-order valence-corrected chi connectivity index (χ3v) is 7.74. The Hall–Kier alpha value is -3.90. The first-order valence-electron chi connectivity index (χ1n) is 9.33. The third-order valence-electron chi connectivity index (χ3n) is 4.79. The lowest BCUT2D eigenvalue weighted by Gasteiger charge is -2.11. The topological polar surface area (TPSA) is 118 Å². The van der Waals surface area contributed by atoms with Crippen molar-refractivity contribution < 1.29 is 26.5 Å². The highest BCUT2D eigenvalue weighted by atomic mass is 32.2. The zero-order valence-corrected chi connectivity index (χ0v) is 18.0. The fourth-order valence-corrected chi connectivity index (χ4v) is 5.58. The molecule has 33 heavy (non-hydrogen) atoms. The number of hydrogen-bond donors (Lipinski definition) is 2. The Morgan fingerprint density at radius 3 is 2.73 bits per heavy atom. The molecule has 0 atom stereocenters. The van der Waals surface area contributed by atoms with E-state index in [0.29, 0.717) is 21.7 Å². The SMILES string of the molecule is O=C(c1c(F)ccc(NS(=O)(=O)c2ccc(-c3ccno3)s2)c1F)c1c[nH]c2ncccc12. The van der Waals surface area contributed by atoms with Crippen molar-refractivity contribution in [3.05, 3.63) is 83.8 Å². The summed E-state index contributed by atoms with van der Waals surface area (Å²) in [5.41, 5.74) is -1.06. The first-order valence-corrected chi connectivity index (χ1v) is 11.6. The highest BCUT2D eigenvalue weighted by Crippen LogP contribution is 2.33. The molecule has 0 spiro atoms. The molecule has 0 aliphatic heterocycles. The zero-order chi connectivity index (χ0) is 23.2. The van der Waals surface area contributed by atoms with Crippen LogP contribution in [0.3, 0.4) is 0 Å². The number of fused-ring (bicyclic) bond motifs is 1. The molecule has 0 bridgehead atoms. The minimum absolute atomic E-state index is 0.00543. The van der Waals surface area contributed by atoms with Gasteiger partial charge in [-0.25, -0.2) is 22.2 Å². The van der Waals surface area contributed by atoms with E-state index in [1.54, 1.807) is 18.2 Å². The molecule has 4 aromatic heterocycles. The molecule has 0 unspecified atom stereocenters. The second kappa shape index (κ2) is 7.90. The number of H-pyrrole nitrogens is 1. The Balaban J connectivity index is 1.50. The number of benzene rings is 1.